The molecule has 0 bridgehead atoms. The number of ether oxygens (including phenoxy) is 3. The van der Waals surface area contributed by atoms with Gasteiger partial charge in [-0.25, -0.2) is 0 Å². The Morgan fingerprint density at radius 2 is 0.554 bits per heavy atom. The lowest BCUT2D eigenvalue weighted by Crippen LogP contribution is -2.30. The van der Waals surface area contributed by atoms with Gasteiger partial charge in [0.1, 0.15) is 13.2 Å². The van der Waals surface area contributed by atoms with Crippen LogP contribution in [0, 0.1) is 0 Å². The van der Waals surface area contributed by atoms with E-state index in [0.717, 1.165) is 77.0 Å². The van der Waals surface area contributed by atoms with Crippen molar-refractivity contribution in [1.29, 1.82) is 0 Å². The number of unbranched alkanes of at least 4 members (excludes halogenated alkanes) is 32. The van der Waals surface area contributed by atoms with Crippen molar-refractivity contribution < 1.29 is 28.6 Å². The quantitative estimate of drug-likeness (QED) is 0.0261. The first kappa shape index (κ1) is 70.6. The maximum absolute atomic E-state index is 12.9. The minimum absolute atomic E-state index is 0.0983. The first-order valence-electron chi connectivity index (χ1n) is 31.6. The van der Waals surface area contributed by atoms with Crippen LogP contribution in [0.5, 0.6) is 0 Å². The van der Waals surface area contributed by atoms with Gasteiger partial charge in [0.15, 0.2) is 6.10 Å². The third-order valence-electron chi connectivity index (χ3n) is 13.6. The van der Waals surface area contributed by atoms with Crippen LogP contribution >= 0.6 is 0 Å². The van der Waals surface area contributed by atoms with Crippen molar-refractivity contribution in [3.63, 3.8) is 0 Å². The molecule has 1 unspecified atom stereocenters. The third kappa shape index (κ3) is 59.5. The average Bonchev–Trinajstić information content (AvgIpc) is 3.40. The lowest BCUT2D eigenvalue weighted by molar-refractivity contribution is -0.166. The molecule has 0 fully saturated rings. The van der Waals surface area contributed by atoms with E-state index < -0.39 is 6.10 Å². The zero-order valence-electron chi connectivity index (χ0n) is 48.8. The second kappa shape index (κ2) is 62.1. The Bertz CT molecular complexity index is 1420. The fourth-order valence-electron chi connectivity index (χ4n) is 8.94. The molecule has 0 saturated carbocycles. The fraction of sp³-hybridized carbons (Fsp3) is 0.750. The predicted octanol–water partition coefficient (Wildman–Crippen LogP) is 21.5. The SMILES string of the molecule is CC/C=C\C/C=C\C/C=C\C/C=C\CCC(=O)OCC(COC(=O)CCCCCCCCCCCC/C=C\C/C=C\C/C=C\CCCCCCC)OC(=O)CCCCCCCCCCCCCCCCCCCC. The van der Waals surface area contributed by atoms with E-state index in [0.29, 0.717) is 19.3 Å². The Balaban J connectivity index is 4.34. The first-order chi connectivity index (χ1) is 36.5. The van der Waals surface area contributed by atoms with Gasteiger partial charge in [-0.3, -0.25) is 14.4 Å². The molecule has 6 heteroatoms. The van der Waals surface area contributed by atoms with Crippen LogP contribution in [0.3, 0.4) is 0 Å². The van der Waals surface area contributed by atoms with Gasteiger partial charge in [-0.15, -0.1) is 0 Å². The number of rotatable bonds is 57. The van der Waals surface area contributed by atoms with Gasteiger partial charge < -0.3 is 14.2 Å². The monoisotopic (exact) mass is 1030 g/mol. The zero-order valence-corrected chi connectivity index (χ0v) is 48.8. The number of carbonyl (C=O) groups excluding carboxylic acids is 3. The Hall–Kier alpha value is -3.41. The highest BCUT2D eigenvalue weighted by Crippen LogP contribution is 2.17. The van der Waals surface area contributed by atoms with E-state index in [4.69, 9.17) is 14.2 Å². The molecule has 6 nitrogen and oxygen atoms in total. The molecule has 0 rings (SSSR count). The highest BCUT2D eigenvalue weighted by molar-refractivity contribution is 5.71. The van der Waals surface area contributed by atoms with Crippen LogP contribution in [0.2, 0.25) is 0 Å². The van der Waals surface area contributed by atoms with Crippen molar-refractivity contribution in [2.75, 3.05) is 13.2 Å². The molecule has 0 amide bonds. The second-order valence-electron chi connectivity index (χ2n) is 20.9. The van der Waals surface area contributed by atoms with E-state index in [1.807, 2.05) is 6.08 Å². The molecule has 0 aromatic rings. The Labute approximate surface area is 458 Å². The molecule has 0 heterocycles. The van der Waals surface area contributed by atoms with Gasteiger partial charge in [0.2, 0.25) is 0 Å². The summed E-state index contributed by atoms with van der Waals surface area (Å²) in [5.74, 6) is -0.974. The van der Waals surface area contributed by atoms with Gasteiger partial charge in [-0.1, -0.05) is 292 Å². The van der Waals surface area contributed by atoms with Crippen LogP contribution < -0.4 is 0 Å². The zero-order chi connectivity index (χ0) is 53.6. The molecule has 0 aliphatic carbocycles. The van der Waals surface area contributed by atoms with Crippen molar-refractivity contribution in [2.45, 2.75) is 316 Å². The fourth-order valence-corrected chi connectivity index (χ4v) is 8.94. The molecule has 426 valence electrons. The van der Waals surface area contributed by atoms with Gasteiger partial charge in [0, 0.05) is 19.3 Å². The molecule has 0 radical (unpaired) electrons. The standard InChI is InChI=1S/C68H118O6/c1-4-7-10-13-16-19-22-25-27-29-31-32-33-34-35-36-37-39-40-43-46-49-52-55-58-61-67(70)73-64-65(63-72-66(69)60-57-54-51-48-45-42-24-21-18-15-12-9-6-3)74-68(71)62-59-56-53-50-47-44-41-38-30-28-26-23-20-17-14-11-8-5-2/h9,12,18,21-22,25,29,31,33-34,42,45,51,54,65H,4-8,10-11,13-17,19-20,23-24,26-28,30,32,35-41,43-44,46-50,52-53,55-64H2,1-3H3/b12-9-,21-18-,25-22-,31-29-,34-33-,45-42-,54-51-. The van der Waals surface area contributed by atoms with Crippen LogP contribution in [-0.4, -0.2) is 37.2 Å². The molecule has 0 saturated heterocycles. The van der Waals surface area contributed by atoms with E-state index >= 15 is 0 Å². The predicted molar refractivity (Wildman–Crippen MR) is 321 cm³/mol. The second-order valence-corrected chi connectivity index (χ2v) is 20.9. The molecule has 0 aromatic heterocycles. The Kier molecular flexibility index (Phi) is 59.3. The summed E-state index contributed by atoms with van der Waals surface area (Å²) < 4.78 is 16.8. The largest absolute Gasteiger partial charge is 0.462 e. The molecule has 0 aliphatic rings. The van der Waals surface area contributed by atoms with E-state index in [9.17, 15) is 14.4 Å². The number of carbonyl (C=O) groups is 3. The number of hydrogen-bond acceptors (Lipinski definition) is 6. The minimum atomic E-state index is -0.806. The van der Waals surface area contributed by atoms with Crippen molar-refractivity contribution in [2.24, 2.45) is 0 Å². The Morgan fingerprint density at radius 3 is 0.905 bits per heavy atom. The van der Waals surface area contributed by atoms with Crippen LogP contribution in [-0.2, 0) is 28.6 Å². The molecular weight excluding hydrogens is 913 g/mol. The van der Waals surface area contributed by atoms with Crippen molar-refractivity contribution >= 4 is 17.9 Å². The molecule has 1 atom stereocenters. The lowest BCUT2D eigenvalue weighted by atomic mass is 10.0. The van der Waals surface area contributed by atoms with Crippen molar-refractivity contribution in [3.8, 4) is 0 Å². The molecular formula is C68H118O6. The summed E-state index contributed by atoms with van der Waals surface area (Å²) in [7, 11) is 0. The Morgan fingerprint density at radius 1 is 0.284 bits per heavy atom. The number of allylic oxidation sites excluding steroid dienone is 14. The van der Waals surface area contributed by atoms with Crippen LogP contribution in [0.25, 0.3) is 0 Å². The van der Waals surface area contributed by atoms with Gasteiger partial charge >= 0.3 is 17.9 Å². The topological polar surface area (TPSA) is 78.9 Å². The highest BCUT2D eigenvalue weighted by atomic mass is 16.6. The van der Waals surface area contributed by atoms with Gasteiger partial charge in [-0.2, -0.15) is 0 Å². The summed E-state index contributed by atoms with van der Waals surface area (Å²) in [5.41, 5.74) is 0. The van der Waals surface area contributed by atoms with E-state index in [1.165, 1.54) is 186 Å². The lowest BCUT2D eigenvalue weighted by Gasteiger charge is -2.18. The summed E-state index contributed by atoms with van der Waals surface area (Å²) in [6.45, 7) is 6.48. The minimum Gasteiger partial charge on any atom is -0.462 e. The third-order valence-corrected chi connectivity index (χ3v) is 13.6. The van der Waals surface area contributed by atoms with Gasteiger partial charge in [-0.05, 0) is 83.5 Å². The summed E-state index contributed by atoms with van der Waals surface area (Å²) in [5, 5.41) is 0. The summed E-state index contributed by atoms with van der Waals surface area (Å²) in [4.78, 5) is 38.2. The van der Waals surface area contributed by atoms with E-state index in [1.54, 1.807) is 0 Å². The van der Waals surface area contributed by atoms with Crippen molar-refractivity contribution in [3.05, 3.63) is 85.1 Å². The van der Waals surface area contributed by atoms with Crippen LogP contribution in [0.15, 0.2) is 85.1 Å². The average molecular weight is 1030 g/mol. The molecule has 74 heavy (non-hydrogen) atoms. The smallest absolute Gasteiger partial charge is 0.306 e. The normalized spacial score (nSPS) is 12.6. The summed E-state index contributed by atoms with van der Waals surface area (Å²) >= 11 is 0. The van der Waals surface area contributed by atoms with Crippen molar-refractivity contribution in [1.82, 2.24) is 0 Å². The number of hydrogen-bond donors (Lipinski definition) is 0. The molecule has 0 aliphatic heterocycles. The highest BCUT2D eigenvalue weighted by Gasteiger charge is 2.19. The van der Waals surface area contributed by atoms with Crippen LogP contribution in [0.1, 0.15) is 310 Å². The van der Waals surface area contributed by atoms with Gasteiger partial charge in [0.05, 0.1) is 0 Å². The first-order valence-corrected chi connectivity index (χ1v) is 31.6. The summed E-state index contributed by atoms with van der Waals surface area (Å²) in [6, 6.07) is 0. The maximum atomic E-state index is 12.9. The maximum Gasteiger partial charge on any atom is 0.306 e. The number of esters is 3. The van der Waals surface area contributed by atoms with E-state index in [-0.39, 0.29) is 37.5 Å². The van der Waals surface area contributed by atoms with Gasteiger partial charge in [0.25, 0.3) is 0 Å². The molecule has 0 aromatic carbocycles. The summed E-state index contributed by atoms with van der Waals surface area (Å²) in [6.07, 6.45) is 81.8. The molecule has 0 N–H and O–H groups in total. The van der Waals surface area contributed by atoms with Crippen LogP contribution in [0.4, 0.5) is 0 Å². The molecule has 0 spiro atoms. The van der Waals surface area contributed by atoms with E-state index in [2.05, 4.69) is 99.8 Å².